The van der Waals surface area contributed by atoms with Gasteiger partial charge in [-0.15, -0.1) is 0 Å². The Labute approximate surface area is 138 Å². The molecule has 0 spiro atoms. The molecule has 1 aliphatic heterocycles. The van der Waals surface area contributed by atoms with Crippen molar-refractivity contribution in [2.24, 2.45) is 0 Å². The lowest BCUT2D eigenvalue weighted by Crippen LogP contribution is -2.17. The maximum absolute atomic E-state index is 12.2. The monoisotopic (exact) mass is 333 g/mol. The molecule has 1 saturated heterocycles. The van der Waals surface area contributed by atoms with E-state index in [9.17, 15) is 4.79 Å². The number of carbonyl (C=O) groups is 1. The second kappa shape index (κ2) is 6.93. The number of ether oxygens (including phenoxy) is 2. The number of pyridine rings is 2. The van der Waals surface area contributed by atoms with E-state index in [1.165, 1.54) is 12.3 Å². The average Bonchev–Trinajstić information content (AvgIpc) is 3.02. The lowest BCUT2D eigenvalue weighted by molar-refractivity contribution is 0.102. The molecule has 0 aliphatic carbocycles. The molecule has 3 rings (SSSR count). The highest BCUT2D eigenvalue weighted by atomic mass is 35.5. The molecule has 1 fully saturated rings. The van der Waals surface area contributed by atoms with Crippen molar-refractivity contribution in [3.8, 4) is 5.88 Å². The first-order valence-electron chi connectivity index (χ1n) is 7.26. The van der Waals surface area contributed by atoms with Crippen LogP contribution >= 0.6 is 11.6 Å². The van der Waals surface area contributed by atoms with Crippen LogP contribution in [-0.4, -0.2) is 35.2 Å². The molecule has 6 nitrogen and oxygen atoms in total. The number of halogens is 1. The van der Waals surface area contributed by atoms with Crippen LogP contribution in [0.3, 0.4) is 0 Å². The SMILES string of the molecule is Cc1ccnc(NC(=O)c2cnc(O[C@H]3CCOC3)c(Cl)c2)c1. The lowest BCUT2D eigenvalue weighted by atomic mass is 10.2. The summed E-state index contributed by atoms with van der Waals surface area (Å²) in [5.74, 6) is 0.468. The van der Waals surface area contributed by atoms with Gasteiger partial charge in [-0.1, -0.05) is 11.6 Å². The Bertz CT molecular complexity index is 717. The van der Waals surface area contributed by atoms with Crippen molar-refractivity contribution in [2.45, 2.75) is 19.4 Å². The van der Waals surface area contributed by atoms with Gasteiger partial charge >= 0.3 is 0 Å². The number of nitrogens with one attached hydrogen (secondary N) is 1. The van der Waals surface area contributed by atoms with Gasteiger partial charge in [0.25, 0.3) is 5.91 Å². The number of amides is 1. The van der Waals surface area contributed by atoms with Crippen LogP contribution in [0.5, 0.6) is 5.88 Å². The fourth-order valence-electron chi connectivity index (χ4n) is 2.19. The molecule has 1 aliphatic rings. The van der Waals surface area contributed by atoms with Gasteiger partial charge < -0.3 is 14.8 Å². The maximum atomic E-state index is 12.2. The molecule has 1 amide bonds. The summed E-state index contributed by atoms with van der Waals surface area (Å²) in [6.07, 6.45) is 3.83. The summed E-state index contributed by atoms with van der Waals surface area (Å²) in [6, 6.07) is 5.17. The second-order valence-electron chi connectivity index (χ2n) is 5.29. The molecule has 1 atom stereocenters. The fourth-order valence-corrected chi connectivity index (χ4v) is 2.40. The zero-order valence-corrected chi connectivity index (χ0v) is 13.3. The van der Waals surface area contributed by atoms with Crippen molar-refractivity contribution in [3.05, 3.63) is 46.7 Å². The Morgan fingerprint density at radius 1 is 1.43 bits per heavy atom. The Balaban J connectivity index is 1.70. The van der Waals surface area contributed by atoms with Gasteiger partial charge in [-0.05, 0) is 30.7 Å². The van der Waals surface area contributed by atoms with Gasteiger partial charge in [-0.2, -0.15) is 0 Å². The van der Waals surface area contributed by atoms with Crippen molar-refractivity contribution >= 4 is 23.3 Å². The number of rotatable bonds is 4. The summed E-state index contributed by atoms with van der Waals surface area (Å²) in [4.78, 5) is 20.4. The number of hydrogen-bond donors (Lipinski definition) is 1. The molecule has 23 heavy (non-hydrogen) atoms. The van der Waals surface area contributed by atoms with Crippen LogP contribution < -0.4 is 10.1 Å². The van der Waals surface area contributed by atoms with E-state index >= 15 is 0 Å². The van der Waals surface area contributed by atoms with Crippen LogP contribution in [0, 0.1) is 6.92 Å². The van der Waals surface area contributed by atoms with E-state index in [0.717, 1.165) is 12.0 Å². The molecule has 2 aromatic rings. The summed E-state index contributed by atoms with van der Waals surface area (Å²) < 4.78 is 10.9. The van der Waals surface area contributed by atoms with E-state index in [1.54, 1.807) is 12.3 Å². The van der Waals surface area contributed by atoms with E-state index in [2.05, 4.69) is 15.3 Å². The molecular formula is C16H16ClN3O3. The van der Waals surface area contributed by atoms with E-state index in [0.29, 0.717) is 35.5 Å². The van der Waals surface area contributed by atoms with Gasteiger partial charge in [-0.25, -0.2) is 9.97 Å². The number of carbonyl (C=O) groups excluding carboxylic acids is 1. The van der Waals surface area contributed by atoms with Gasteiger partial charge in [0.1, 0.15) is 16.9 Å². The van der Waals surface area contributed by atoms with Gasteiger partial charge in [0.2, 0.25) is 5.88 Å². The summed E-state index contributed by atoms with van der Waals surface area (Å²) in [7, 11) is 0. The van der Waals surface area contributed by atoms with Crippen molar-refractivity contribution in [1.29, 1.82) is 0 Å². The Morgan fingerprint density at radius 3 is 3.00 bits per heavy atom. The molecule has 2 aromatic heterocycles. The number of aromatic nitrogens is 2. The Kier molecular flexibility index (Phi) is 4.73. The molecule has 0 aromatic carbocycles. The minimum atomic E-state index is -0.326. The number of hydrogen-bond acceptors (Lipinski definition) is 5. The summed E-state index contributed by atoms with van der Waals surface area (Å²) in [6.45, 7) is 3.13. The highest BCUT2D eigenvalue weighted by molar-refractivity contribution is 6.32. The zero-order valence-electron chi connectivity index (χ0n) is 12.6. The molecular weight excluding hydrogens is 318 g/mol. The average molecular weight is 334 g/mol. The second-order valence-corrected chi connectivity index (χ2v) is 5.69. The lowest BCUT2D eigenvalue weighted by Gasteiger charge is -2.12. The number of aryl methyl sites for hydroxylation is 1. The first-order valence-corrected chi connectivity index (χ1v) is 7.63. The van der Waals surface area contributed by atoms with Gasteiger partial charge in [-0.3, -0.25) is 4.79 Å². The molecule has 0 radical (unpaired) electrons. The maximum Gasteiger partial charge on any atom is 0.258 e. The third kappa shape index (κ3) is 3.97. The van der Waals surface area contributed by atoms with Crippen molar-refractivity contribution < 1.29 is 14.3 Å². The zero-order chi connectivity index (χ0) is 16.2. The van der Waals surface area contributed by atoms with E-state index in [1.807, 2.05) is 13.0 Å². The van der Waals surface area contributed by atoms with E-state index in [-0.39, 0.29) is 12.0 Å². The van der Waals surface area contributed by atoms with E-state index < -0.39 is 0 Å². The van der Waals surface area contributed by atoms with Gasteiger partial charge in [0.05, 0.1) is 18.8 Å². The summed E-state index contributed by atoms with van der Waals surface area (Å²) >= 11 is 6.16. The van der Waals surface area contributed by atoms with Gasteiger partial charge in [0.15, 0.2) is 0 Å². The van der Waals surface area contributed by atoms with Crippen LogP contribution in [0.1, 0.15) is 22.3 Å². The predicted molar refractivity (Wildman–Crippen MR) is 86.0 cm³/mol. The van der Waals surface area contributed by atoms with Crippen molar-refractivity contribution in [1.82, 2.24) is 9.97 Å². The van der Waals surface area contributed by atoms with Crippen LogP contribution in [0.2, 0.25) is 5.02 Å². The highest BCUT2D eigenvalue weighted by Gasteiger charge is 2.20. The van der Waals surface area contributed by atoms with Gasteiger partial charge in [0, 0.05) is 18.8 Å². The topological polar surface area (TPSA) is 73.3 Å². The molecule has 0 bridgehead atoms. The quantitative estimate of drug-likeness (QED) is 0.931. The first kappa shape index (κ1) is 15.7. The molecule has 7 heteroatoms. The van der Waals surface area contributed by atoms with Crippen molar-refractivity contribution in [2.75, 3.05) is 18.5 Å². The normalized spacial score (nSPS) is 17.0. The minimum absolute atomic E-state index is 0.0452. The van der Waals surface area contributed by atoms with Crippen LogP contribution in [0.15, 0.2) is 30.6 Å². The molecule has 0 unspecified atom stereocenters. The standard InChI is InChI=1S/C16H16ClN3O3/c1-10-2-4-18-14(6-10)20-15(21)11-7-13(17)16(19-8-11)23-12-3-5-22-9-12/h2,4,6-8,12H,3,5,9H2,1H3,(H,18,20,21)/t12-/m0/s1. The molecule has 0 saturated carbocycles. The summed E-state index contributed by atoms with van der Waals surface area (Å²) in [5.41, 5.74) is 1.35. The Hall–Kier alpha value is -2.18. The van der Waals surface area contributed by atoms with Crippen LogP contribution in [-0.2, 0) is 4.74 Å². The van der Waals surface area contributed by atoms with E-state index in [4.69, 9.17) is 21.1 Å². The summed E-state index contributed by atoms with van der Waals surface area (Å²) in [5, 5.41) is 3.00. The molecule has 1 N–H and O–H groups in total. The Morgan fingerprint density at radius 2 is 2.30 bits per heavy atom. The molecule has 3 heterocycles. The third-order valence-electron chi connectivity index (χ3n) is 3.39. The van der Waals surface area contributed by atoms with Crippen LogP contribution in [0.4, 0.5) is 5.82 Å². The minimum Gasteiger partial charge on any atom is -0.471 e. The fraction of sp³-hybridized carbons (Fsp3) is 0.312. The number of nitrogens with zero attached hydrogens (tertiary/aromatic N) is 2. The smallest absolute Gasteiger partial charge is 0.258 e. The van der Waals surface area contributed by atoms with Crippen molar-refractivity contribution in [3.63, 3.8) is 0 Å². The third-order valence-corrected chi connectivity index (χ3v) is 3.66. The highest BCUT2D eigenvalue weighted by Crippen LogP contribution is 2.25. The predicted octanol–water partition coefficient (Wildman–Crippen LogP) is 2.86. The largest absolute Gasteiger partial charge is 0.471 e. The van der Waals surface area contributed by atoms with Crippen LogP contribution in [0.25, 0.3) is 0 Å². The molecule has 120 valence electrons. The first-order chi connectivity index (χ1) is 11.1. The number of anilines is 1.